The molecule has 1 fully saturated rings. The number of nitrogens with zero attached hydrogens (tertiary/aromatic N) is 1. The van der Waals surface area contributed by atoms with Gasteiger partial charge >= 0.3 is 0 Å². The molecule has 0 saturated carbocycles. The summed E-state index contributed by atoms with van der Waals surface area (Å²) in [5.74, 6) is 0.288. The van der Waals surface area contributed by atoms with E-state index in [4.69, 9.17) is 9.47 Å². The molecule has 0 radical (unpaired) electrons. The number of hydrogen-bond acceptors (Lipinski definition) is 4. The molecule has 0 aromatic carbocycles. The van der Waals surface area contributed by atoms with Crippen LogP contribution in [0.15, 0.2) is 0 Å². The van der Waals surface area contributed by atoms with Crippen LogP contribution in [-0.2, 0) is 14.3 Å². The van der Waals surface area contributed by atoms with Crippen LogP contribution in [0.5, 0.6) is 0 Å². The summed E-state index contributed by atoms with van der Waals surface area (Å²) in [5.41, 5.74) is 0. The summed E-state index contributed by atoms with van der Waals surface area (Å²) in [6.45, 7) is 7.18. The van der Waals surface area contributed by atoms with E-state index in [9.17, 15) is 4.79 Å². The number of hydrogen-bond donors (Lipinski definition) is 1. The maximum atomic E-state index is 12.4. The van der Waals surface area contributed by atoms with E-state index in [1.54, 1.807) is 7.11 Å². The lowest BCUT2D eigenvalue weighted by molar-refractivity contribution is -0.130. The van der Waals surface area contributed by atoms with Crippen LogP contribution in [0.1, 0.15) is 52.4 Å². The summed E-state index contributed by atoms with van der Waals surface area (Å²) in [5, 5.41) is 3.49. The first-order chi connectivity index (χ1) is 10.2. The van der Waals surface area contributed by atoms with Gasteiger partial charge in [-0.15, -0.1) is 0 Å². The molecule has 2 unspecified atom stereocenters. The molecule has 0 bridgehead atoms. The number of methoxy groups -OCH3 is 1. The van der Waals surface area contributed by atoms with E-state index >= 15 is 0 Å². The van der Waals surface area contributed by atoms with Crippen molar-refractivity contribution in [3.63, 3.8) is 0 Å². The van der Waals surface area contributed by atoms with Gasteiger partial charge in [0.15, 0.2) is 0 Å². The van der Waals surface area contributed by atoms with Crippen molar-refractivity contribution in [3.05, 3.63) is 0 Å². The average molecular weight is 300 g/mol. The molecule has 0 aliphatic carbocycles. The SMILES string of the molecule is CCCC1NC(CCC)N(CCCCOCCOC)C1=O. The summed E-state index contributed by atoms with van der Waals surface area (Å²) < 4.78 is 10.4. The Bertz CT molecular complexity index is 287. The first kappa shape index (κ1) is 18.4. The Kier molecular flexibility index (Phi) is 9.63. The molecule has 1 saturated heterocycles. The van der Waals surface area contributed by atoms with Gasteiger partial charge in [0.05, 0.1) is 25.4 Å². The molecule has 5 nitrogen and oxygen atoms in total. The third-order valence-corrected chi connectivity index (χ3v) is 3.86. The average Bonchev–Trinajstić information content (AvgIpc) is 2.76. The second-order valence-corrected chi connectivity index (χ2v) is 5.66. The van der Waals surface area contributed by atoms with E-state index in [2.05, 4.69) is 19.2 Å². The van der Waals surface area contributed by atoms with Crippen LogP contribution < -0.4 is 5.32 Å². The lowest BCUT2D eigenvalue weighted by Gasteiger charge is -2.23. The van der Waals surface area contributed by atoms with E-state index in [0.29, 0.717) is 13.2 Å². The second-order valence-electron chi connectivity index (χ2n) is 5.66. The summed E-state index contributed by atoms with van der Waals surface area (Å²) in [4.78, 5) is 14.4. The van der Waals surface area contributed by atoms with Crippen LogP contribution in [0.2, 0.25) is 0 Å². The van der Waals surface area contributed by atoms with Crippen LogP contribution in [-0.4, -0.2) is 56.5 Å². The summed E-state index contributed by atoms with van der Waals surface area (Å²) in [6.07, 6.45) is 6.34. The van der Waals surface area contributed by atoms with Crippen molar-refractivity contribution in [3.8, 4) is 0 Å². The molecule has 1 N–H and O–H groups in total. The second kappa shape index (κ2) is 11.0. The highest BCUT2D eigenvalue weighted by Crippen LogP contribution is 2.18. The highest BCUT2D eigenvalue weighted by molar-refractivity contribution is 5.84. The van der Waals surface area contributed by atoms with E-state index in [0.717, 1.165) is 51.7 Å². The molecule has 0 aromatic heterocycles. The highest BCUT2D eigenvalue weighted by atomic mass is 16.5. The van der Waals surface area contributed by atoms with Gasteiger partial charge in [-0.2, -0.15) is 0 Å². The van der Waals surface area contributed by atoms with Gasteiger partial charge in [0, 0.05) is 20.3 Å². The van der Waals surface area contributed by atoms with E-state index in [-0.39, 0.29) is 18.1 Å². The molecular weight excluding hydrogens is 268 g/mol. The number of rotatable bonds is 12. The van der Waals surface area contributed by atoms with Crippen molar-refractivity contribution >= 4 is 5.91 Å². The van der Waals surface area contributed by atoms with Gasteiger partial charge < -0.3 is 14.4 Å². The van der Waals surface area contributed by atoms with Crippen LogP contribution in [0.4, 0.5) is 0 Å². The van der Waals surface area contributed by atoms with Crippen molar-refractivity contribution in [2.45, 2.75) is 64.6 Å². The lowest BCUT2D eigenvalue weighted by Crippen LogP contribution is -2.38. The minimum absolute atomic E-state index is 0.0319. The van der Waals surface area contributed by atoms with E-state index in [1.165, 1.54) is 0 Å². The summed E-state index contributed by atoms with van der Waals surface area (Å²) in [7, 11) is 1.68. The van der Waals surface area contributed by atoms with Gasteiger partial charge in [0.2, 0.25) is 5.91 Å². The van der Waals surface area contributed by atoms with E-state index < -0.39 is 0 Å². The number of carbonyl (C=O) groups excluding carboxylic acids is 1. The number of ether oxygens (including phenoxy) is 2. The van der Waals surface area contributed by atoms with Crippen molar-refractivity contribution in [1.82, 2.24) is 10.2 Å². The van der Waals surface area contributed by atoms with Crippen LogP contribution >= 0.6 is 0 Å². The van der Waals surface area contributed by atoms with Gasteiger partial charge in [0.25, 0.3) is 0 Å². The minimum Gasteiger partial charge on any atom is -0.382 e. The molecule has 2 atom stereocenters. The van der Waals surface area contributed by atoms with Gasteiger partial charge in [-0.3, -0.25) is 10.1 Å². The van der Waals surface area contributed by atoms with Crippen LogP contribution in [0.25, 0.3) is 0 Å². The fourth-order valence-corrected chi connectivity index (χ4v) is 2.75. The zero-order valence-electron chi connectivity index (χ0n) is 13.9. The molecule has 1 aliphatic rings. The monoisotopic (exact) mass is 300 g/mol. The smallest absolute Gasteiger partial charge is 0.241 e. The zero-order valence-corrected chi connectivity index (χ0v) is 13.9. The quantitative estimate of drug-likeness (QED) is 0.561. The molecule has 21 heavy (non-hydrogen) atoms. The summed E-state index contributed by atoms with van der Waals surface area (Å²) >= 11 is 0. The molecule has 124 valence electrons. The minimum atomic E-state index is 0.0319. The Morgan fingerprint density at radius 2 is 1.86 bits per heavy atom. The maximum Gasteiger partial charge on any atom is 0.241 e. The molecule has 0 spiro atoms. The third kappa shape index (κ3) is 6.32. The predicted octanol–water partition coefficient (Wildman–Crippen LogP) is 2.16. The fraction of sp³-hybridized carbons (Fsp3) is 0.938. The molecule has 1 rings (SSSR count). The predicted molar refractivity (Wildman–Crippen MR) is 84.2 cm³/mol. The maximum absolute atomic E-state index is 12.4. The standard InChI is InChI=1S/C16H32N2O3/c1-4-8-14-16(19)18(15(17-14)9-5-2)10-6-7-11-21-13-12-20-3/h14-15,17H,4-13H2,1-3H3. The molecule has 0 aromatic rings. The van der Waals surface area contributed by atoms with Crippen molar-refractivity contribution < 1.29 is 14.3 Å². The number of unbranched alkanes of at least 4 members (excludes halogenated alkanes) is 1. The van der Waals surface area contributed by atoms with Crippen molar-refractivity contribution in [1.29, 1.82) is 0 Å². The Morgan fingerprint density at radius 3 is 2.52 bits per heavy atom. The van der Waals surface area contributed by atoms with Crippen LogP contribution in [0, 0.1) is 0 Å². The van der Waals surface area contributed by atoms with E-state index in [1.807, 2.05) is 4.90 Å². The molecule has 1 amide bonds. The van der Waals surface area contributed by atoms with Gasteiger partial charge in [0.1, 0.15) is 0 Å². The zero-order chi connectivity index (χ0) is 15.5. The van der Waals surface area contributed by atoms with Crippen molar-refractivity contribution in [2.75, 3.05) is 33.5 Å². The van der Waals surface area contributed by atoms with Gasteiger partial charge in [-0.25, -0.2) is 0 Å². The Balaban J connectivity index is 2.27. The van der Waals surface area contributed by atoms with Crippen LogP contribution in [0.3, 0.4) is 0 Å². The largest absolute Gasteiger partial charge is 0.382 e. The molecule has 1 heterocycles. The Hall–Kier alpha value is -0.650. The third-order valence-electron chi connectivity index (χ3n) is 3.86. The van der Waals surface area contributed by atoms with Gasteiger partial charge in [-0.1, -0.05) is 26.7 Å². The number of amides is 1. The first-order valence-electron chi connectivity index (χ1n) is 8.37. The normalized spacial score (nSPS) is 22.2. The molecule has 5 heteroatoms. The molecule has 1 aliphatic heterocycles. The Labute approximate surface area is 129 Å². The molecular formula is C16H32N2O3. The lowest BCUT2D eigenvalue weighted by atomic mass is 10.1. The fourth-order valence-electron chi connectivity index (χ4n) is 2.75. The topological polar surface area (TPSA) is 50.8 Å². The number of carbonyl (C=O) groups is 1. The van der Waals surface area contributed by atoms with Gasteiger partial charge in [-0.05, 0) is 25.7 Å². The van der Waals surface area contributed by atoms with Crippen molar-refractivity contribution in [2.24, 2.45) is 0 Å². The first-order valence-corrected chi connectivity index (χ1v) is 8.37. The number of nitrogens with one attached hydrogen (secondary N) is 1. The highest BCUT2D eigenvalue weighted by Gasteiger charge is 2.36. The Morgan fingerprint density at radius 1 is 1.10 bits per heavy atom. The summed E-state index contributed by atoms with van der Waals surface area (Å²) in [6, 6.07) is 0.0319.